The smallest absolute Gasteiger partial charge is 0.319 e. The maximum atomic E-state index is 13.0. The highest BCUT2D eigenvalue weighted by Crippen LogP contribution is 2.28. The molecule has 220 valence electrons. The summed E-state index contributed by atoms with van der Waals surface area (Å²) in [7, 11) is -3.50. The molecule has 2 amide bonds. The van der Waals surface area contributed by atoms with Crippen molar-refractivity contribution in [1.29, 1.82) is 0 Å². The molecule has 0 aromatic heterocycles. The minimum absolute atomic E-state index is 0.0472. The van der Waals surface area contributed by atoms with E-state index in [9.17, 15) is 18.0 Å². The van der Waals surface area contributed by atoms with Gasteiger partial charge in [-0.2, -0.15) is 11.8 Å². The van der Waals surface area contributed by atoms with E-state index in [4.69, 9.17) is 0 Å². The molecule has 0 aliphatic heterocycles. The van der Waals surface area contributed by atoms with Crippen molar-refractivity contribution in [3.8, 4) is 0 Å². The first-order valence-corrected chi connectivity index (χ1v) is 17.5. The van der Waals surface area contributed by atoms with Crippen LogP contribution in [0.25, 0.3) is 0 Å². The summed E-state index contributed by atoms with van der Waals surface area (Å²) in [4.78, 5) is 26.2. The Labute approximate surface area is 245 Å². The zero-order valence-corrected chi connectivity index (χ0v) is 26.1. The molecular weight excluding hydrogens is 540 g/mol. The SMILES string of the molecule is CSCCCCC(=O)[C@@H](CC1CCCCC1)NC(=O)Nc1ccc(CS(=O)(=O)c2ccc(C(C)(C)C)cc2)cc1. The number of hydrogen-bond donors (Lipinski definition) is 2. The lowest BCUT2D eigenvalue weighted by molar-refractivity contribution is -0.121. The molecule has 1 aliphatic rings. The number of urea groups is 1. The molecule has 2 aromatic carbocycles. The summed E-state index contributed by atoms with van der Waals surface area (Å²) in [6, 6.07) is 13.0. The van der Waals surface area contributed by atoms with Crippen molar-refractivity contribution in [2.75, 3.05) is 17.3 Å². The molecule has 0 unspecified atom stereocenters. The minimum Gasteiger partial charge on any atom is -0.328 e. The maximum absolute atomic E-state index is 13.0. The second-order valence-corrected chi connectivity index (χ2v) is 15.0. The van der Waals surface area contributed by atoms with Crippen molar-refractivity contribution in [2.45, 2.75) is 101 Å². The summed E-state index contributed by atoms with van der Waals surface area (Å²) in [5, 5.41) is 5.77. The molecule has 1 atom stereocenters. The quantitative estimate of drug-likeness (QED) is 0.237. The van der Waals surface area contributed by atoms with Gasteiger partial charge in [0.1, 0.15) is 0 Å². The minimum atomic E-state index is -3.50. The first-order valence-electron chi connectivity index (χ1n) is 14.5. The first kappa shape index (κ1) is 32.2. The van der Waals surface area contributed by atoms with Gasteiger partial charge in [-0.3, -0.25) is 4.79 Å². The monoisotopic (exact) mass is 586 g/mol. The van der Waals surface area contributed by atoms with Gasteiger partial charge in [-0.15, -0.1) is 0 Å². The van der Waals surface area contributed by atoms with Crippen LogP contribution in [0.15, 0.2) is 53.4 Å². The molecule has 8 heteroatoms. The zero-order valence-electron chi connectivity index (χ0n) is 24.5. The number of sulfone groups is 1. The fraction of sp³-hybridized carbons (Fsp3) is 0.562. The van der Waals surface area contributed by atoms with E-state index in [2.05, 4.69) is 37.7 Å². The van der Waals surface area contributed by atoms with Gasteiger partial charge in [0.2, 0.25) is 0 Å². The number of ketones is 1. The zero-order chi connectivity index (χ0) is 29.2. The van der Waals surface area contributed by atoms with Crippen LogP contribution < -0.4 is 10.6 Å². The van der Waals surface area contributed by atoms with Gasteiger partial charge in [0, 0.05) is 12.1 Å². The number of thioether (sulfide) groups is 1. The predicted molar refractivity (Wildman–Crippen MR) is 167 cm³/mol. The molecule has 0 heterocycles. The molecule has 1 saturated carbocycles. The second kappa shape index (κ2) is 15.1. The van der Waals surface area contributed by atoms with Gasteiger partial charge in [-0.05, 0) is 78.0 Å². The lowest BCUT2D eigenvalue weighted by atomic mass is 9.83. The third kappa shape index (κ3) is 10.3. The molecule has 6 nitrogen and oxygen atoms in total. The second-order valence-electron chi connectivity index (χ2n) is 12.0. The fourth-order valence-corrected chi connectivity index (χ4v) is 7.06. The van der Waals surface area contributed by atoms with Crippen LogP contribution in [0.4, 0.5) is 10.5 Å². The number of amides is 2. The molecule has 3 rings (SSSR count). The van der Waals surface area contributed by atoms with E-state index in [-0.39, 0.29) is 17.0 Å². The van der Waals surface area contributed by atoms with Crippen LogP contribution in [0.3, 0.4) is 0 Å². The van der Waals surface area contributed by atoms with Crippen LogP contribution in [0.1, 0.15) is 89.7 Å². The van der Waals surface area contributed by atoms with Crippen LogP contribution in [-0.4, -0.2) is 38.3 Å². The largest absolute Gasteiger partial charge is 0.328 e. The predicted octanol–water partition coefficient (Wildman–Crippen LogP) is 7.52. The number of rotatable bonds is 13. The Morgan fingerprint density at radius 2 is 1.60 bits per heavy atom. The number of nitrogens with one attached hydrogen (secondary N) is 2. The van der Waals surface area contributed by atoms with Crippen LogP contribution in [0, 0.1) is 5.92 Å². The molecule has 40 heavy (non-hydrogen) atoms. The Morgan fingerprint density at radius 1 is 0.950 bits per heavy atom. The van der Waals surface area contributed by atoms with Gasteiger partial charge < -0.3 is 10.6 Å². The fourth-order valence-electron chi connectivity index (χ4n) is 5.22. The maximum Gasteiger partial charge on any atom is 0.319 e. The number of Topliss-reactive ketones (excluding diaryl/α,β-unsaturated/α-hetero) is 1. The summed E-state index contributed by atoms with van der Waals surface area (Å²) in [5.74, 6) is 1.50. The third-order valence-corrected chi connectivity index (χ3v) is 10.1. The number of carbonyl (C=O) groups excluding carboxylic acids is 2. The summed E-state index contributed by atoms with van der Waals surface area (Å²) >= 11 is 1.78. The van der Waals surface area contributed by atoms with E-state index in [1.807, 2.05) is 12.1 Å². The van der Waals surface area contributed by atoms with Crippen molar-refractivity contribution in [2.24, 2.45) is 5.92 Å². The Morgan fingerprint density at radius 3 is 2.20 bits per heavy atom. The standard InChI is InChI=1S/C32H46N2O4S2/c1-32(2,3)26-15-19-28(20-16-26)40(37,38)23-25-13-17-27(18-14-25)33-31(36)34-29(22-24-10-6-5-7-11-24)30(35)12-8-9-21-39-4/h13-20,24,29H,5-12,21-23H2,1-4H3,(H2,33,34,36)/t29-/m1/s1. The lowest BCUT2D eigenvalue weighted by Crippen LogP contribution is -2.44. The van der Waals surface area contributed by atoms with Gasteiger partial charge >= 0.3 is 6.03 Å². The number of hydrogen-bond acceptors (Lipinski definition) is 5. The average molecular weight is 587 g/mol. The van der Waals surface area contributed by atoms with Gasteiger partial charge in [0.25, 0.3) is 0 Å². The molecular formula is C32H46N2O4S2. The van der Waals surface area contributed by atoms with Crippen molar-refractivity contribution >= 4 is 39.1 Å². The van der Waals surface area contributed by atoms with E-state index in [0.29, 0.717) is 34.9 Å². The molecule has 0 radical (unpaired) electrons. The molecule has 2 N–H and O–H groups in total. The first-order chi connectivity index (χ1) is 19.0. The highest BCUT2D eigenvalue weighted by atomic mass is 32.2. The Balaban J connectivity index is 1.58. The van der Waals surface area contributed by atoms with E-state index >= 15 is 0 Å². The number of anilines is 1. The van der Waals surface area contributed by atoms with Crippen LogP contribution in [0.5, 0.6) is 0 Å². The third-order valence-electron chi connectivity index (χ3n) is 7.66. The van der Waals surface area contributed by atoms with E-state index in [1.165, 1.54) is 19.3 Å². The van der Waals surface area contributed by atoms with Gasteiger partial charge in [0.05, 0.1) is 16.7 Å². The Hall–Kier alpha value is -2.32. The van der Waals surface area contributed by atoms with Crippen LogP contribution in [0.2, 0.25) is 0 Å². The molecule has 0 bridgehead atoms. The molecule has 0 saturated heterocycles. The topological polar surface area (TPSA) is 92.3 Å². The summed E-state index contributed by atoms with van der Waals surface area (Å²) in [6.07, 6.45) is 11.0. The molecule has 1 fully saturated rings. The van der Waals surface area contributed by atoms with Crippen LogP contribution >= 0.6 is 11.8 Å². The van der Waals surface area contributed by atoms with Crippen molar-refractivity contribution in [1.82, 2.24) is 5.32 Å². The normalized spacial score (nSPS) is 15.4. The summed E-state index contributed by atoms with van der Waals surface area (Å²) < 4.78 is 25.9. The molecule has 0 spiro atoms. The Kier molecular flexibility index (Phi) is 12.1. The van der Waals surface area contributed by atoms with Crippen molar-refractivity contribution in [3.63, 3.8) is 0 Å². The number of benzene rings is 2. The molecule has 2 aromatic rings. The Bertz CT molecular complexity index is 1200. The average Bonchev–Trinajstić information content (AvgIpc) is 2.92. The number of carbonyl (C=O) groups is 2. The van der Waals surface area contributed by atoms with Gasteiger partial charge in [0.15, 0.2) is 15.6 Å². The van der Waals surface area contributed by atoms with Gasteiger partial charge in [-0.1, -0.05) is 77.1 Å². The van der Waals surface area contributed by atoms with Crippen LogP contribution in [-0.2, 0) is 25.8 Å². The van der Waals surface area contributed by atoms with Crippen molar-refractivity contribution in [3.05, 3.63) is 59.7 Å². The summed E-state index contributed by atoms with van der Waals surface area (Å²) in [5.41, 5.74) is 2.23. The van der Waals surface area contributed by atoms with E-state index in [1.54, 1.807) is 48.2 Å². The number of unbranched alkanes of at least 4 members (excludes halogenated alkanes) is 1. The van der Waals surface area contributed by atoms with E-state index < -0.39 is 21.9 Å². The molecule has 1 aliphatic carbocycles. The van der Waals surface area contributed by atoms with Gasteiger partial charge in [-0.25, -0.2) is 13.2 Å². The summed E-state index contributed by atoms with van der Waals surface area (Å²) in [6.45, 7) is 6.28. The lowest BCUT2D eigenvalue weighted by Gasteiger charge is -2.26. The highest BCUT2D eigenvalue weighted by molar-refractivity contribution is 7.98. The van der Waals surface area contributed by atoms with Crippen molar-refractivity contribution < 1.29 is 18.0 Å². The highest BCUT2D eigenvalue weighted by Gasteiger charge is 2.26. The van der Waals surface area contributed by atoms with E-state index in [0.717, 1.165) is 37.0 Å².